The minimum atomic E-state index is -2.72. The summed E-state index contributed by atoms with van der Waals surface area (Å²) in [6.45, 7) is 0. The van der Waals surface area contributed by atoms with E-state index in [4.69, 9.17) is 0 Å². The molecule has 0 aromatic carbocycles. The van der Waals surface area contributed by atoms with Gasteiger partial charge in [0, 0.05) is 6.20 Å². The Labute approximate surface area is 56.1 Å². The molecular weight excluding hydrogens is 140 g/mol. The SMILES string of the molecule is [O]c1ncccc1C(F)F. The zero-order valence-electron chi connectivity index (χ0n) is 4.92. The van der Waals surface area contributed by atoms with Crippen molar-refractivity contribution in [1.82, 2.24) is 4.98 Å². The predicted octanol–water partition coefficient (Wildman–Crippen LogP) is 2.16. The topological polar surface area (TPSA) is 32.8 Å². The van der Waals surface area contributed by atoms with Crippen LogP contribution < -0.4 is 0 Å². The second-order valence-electron chi connectivity index (χ2n) is 1.70. The van der Waals surface area contributed by atoms with Crippen LogP contribution in [0.25, 0.3) is 0 Å². The molecule has 0 saturated carbocycles. The molecule has 0 aliphatic rings. The fourth-order valence-corrected chi connectivity index (χ4v) is 0.569. The largest absolute Gasteiger partial charge is 0.278 e. The highest BCUT2D eigenvalue weighted by Gasteiger charge is 2.13. The van der Waals surface area contributed by atoms with Crippen molar-refractivity contribution < 1.29 is 13.9 Å². The van der Waals surface area contributed by atoms with E-state index in [1.54, 1.807) is 0 Å². The summed E-state index contributed by atoms with van der Waals surface area (Å²) in [6.07, 6.45) is -1.53. The molecule has 10 heavy (non-hydrogen) atoms. The normalized spacial score (nSPS) is 10.3. The first kappa shape index (κ1) is 6.92. The van der Waals surface area contributed by atoms with Crippen molar-refractivity contribution in [1.29, 1.82) is 0 Å². The van der Waals surface area contributed by atoms with Gasteiger partial charge < -0.3 is 0 Å². The second-order valence-corrected chi connectivity index (χ2v) is 1.70. The molecule has 2 nitrogen and oxygen atoms in total. The van der Waals surface area contributed by atoms with Gasteiger partial charge in [0.05, 0.1) is 5.56 Å². The third kappa shape index (κ3) is 1.21. The molecule has 0 unspecified atom stereocenters. The Hall–Kier alpha value is -1.19. The maximum atomic E-state index is 11.8. The zero-order chi connectivity index (χ0) is 7.56. The van der Waals surface area contributed by atoms with Gasteiger partial charge in [0.15, 0.2) is 0 Å². The molecule has 1 aromatic heterocycles. The van der Waals surface area contributed by atoms with Gasteiger partial charge in [0.2, 0.25) is 0 Å². The lowest BCUT2D eigenvalue weighted by atomic mass is 10.3. The van der Waals surface area contributed by atoms with E-state index in [-0.39, 0.29) is 0 Å². The molecule has 1 heterocycles. The molecule has 0 fully saturated rings. The van der Waals surface area contributed by atoms with Crippen molar-refractivity contribution in [3.63, 3.8) is 0 Å². The van der Waals surface area contributed by atoms with Crippen molar-refractivity contribution in [2.75, 3.05) is 0 Å². The Balaban J connectivity index is 3.03. The summed E-state index contributed by atoms with van der Waals surface area (Å²) < 4.78 is 23.6. The summed E-state index contributed by atoms with van der Waals surface area (Å²) >= 11 is 0. The van der Waals surface area contributed by atoms with Crippen molar-refractivity contribution in [3.05, 3.63) is 23.9 Å². The van der Waals surface area contributed by atoms with Crippen LogP contribution in [0.4, 0.5) is 8.78 Å². The summed E-state index contributed by atoms with van der Waals surface area (Å²) in [6, 6.07) is 2.38. The number of rotatable bonds is 1. The molecule has 0 aliphatic carbocycles. The summed E-state index contributed by atoms with van der Waals surface area (Å²) in [5.74, 6) is -0.850. The predicted molar refractivity (Wildman–Crippen MR) is 29.3 cm³/mol. The standard InChI is InChI=1S/C6H4F2NO/c7-5(8)4-2-1-3-9-6(4)10/h1-3,5H. The van der Waals surface area contributed by atoms with Crippen molar-refractivity contribution in [2.24, 2.45) is 0 Å². The summed E-state index contributed by atoms with van der Waals surface area (Å²) in [7, 11) is 0. The quantitative estimate of drug-likeness (QED) is 0.594. The molecule has 4 heteroatoms. The van der Waals surface area contributed by atoms with Gasteiger partial charge in [-0.15, -0.1) is 0 Å². The lowest BCUT2D eigenvalue weighted by Crippen LogP contribution is -1.84. The smallest absolute Gasteiger partial charge is 0.267 e. The molecule has 0 spiro atoms. The van der Waals surface area contributed by atoms with E-state index < -0.39 is 17.9 Å². The lowest BCUT2D eigenvalue weighted by molar-refractivity contribution is 0.143. The second kappa shape index (κ2) is 2.60. The van der Waals surface area contributed by atoms with E-state index in [2.05, 4.69) is 4.98 Å². The highest BCUT2D eigenvalue weighted by atomic mass is 19.3. The molecular formula is C6H4F2NO. The maximum absolute atomic E-state index is 11.8. The van der Waals surface area contributed by atoms with Gasteiger partial charge in [0.1, 0.15) is 0 Å². The molecule has 1 radical (unpaired) electrons. The van der Waals surface area contributed by atoms with Crippen LogP contribution in [0.15, 0.2) is 18.3 Å². The monoisotopic (exact) mass is 144 g/mol. The Morgan fingerprint density at radius 3 is 2.60 bits per heavy atom. The molecule has 0 atom stereocenters. The van der Waals surface area contributed by atoms with E-state index in [0.29, 0.717) is 0 Å². The highest BCUT2D eigenvalue weighted by molar-refractivity contribution is 5.24. The number of aromatic nitrogens is 1. The Morgan fingerprint density at radius 2 is 2.20 bits per heavy atom. The van der Waals surface area contributed by atoms with Crippen LogP contribution in [-0.2, 0) is 5.11 Å². The minimum absolute atomic E-state index is 0.539. The maximum Gasteiger partial charge on any atom is 0.278 e. The molecule has 0 saturated heterocycles. The number of nitrogens with zero attached hydrogens (tertiary/aromatic N) is 1. The number of pyridine rings is 1. The molecule has 1 rings (SSSR count). The molecule has 0 bridgehead atoms. The zero-order valence-corrected chi connectivity index (χ0v) is 4.92. The van der Waals surface area contributed by atoms with Crippen molar-refractivity contribution >= 4 is 0 Å². The van der Waals surface area contributed by atoms with Crippen LogP contribution in [0.2, 0.25) is 0 Å². The fraction of sp³-hybridized carbons (Fsp3) is 0.167. The first-order valence-corrected chi connectivity index (χ1v) is 2.62. The van der Waals surface area contributed by atoms with Gasteiger partial charge in [-0.25, -0.2) is 13.8 Å². The highest BCUT2D eigenvalue weighted by Crippen LogP contribution is 2.25. The first-order chi connectivity index (χ1) is 4.72. The number of halogens is 2. The van der Waals surface area contributed by atoms with Gasteiger partial charge in [-0.05, 0) is 12.1 Å². The molecule has 53 valence electrons. The first-order valence-electron chi connectivity index (χ1n) is 2.62. The third-order valence-electron chi connectivity index (χ3n) is 1.04. The van der Waals surface area contributed by atoms with Gasteiger partial charge in [-0.1, -0.05) is 0 Å². The summed E-state index contributed by atoms with van der Waals surface area (Å²) in [5.41, 5.74) is -0.539. The molecule has 0 aliphatic heterocycles. The van der Waals surface area contributed by atoms with E-state index in [1.165, 1.54) is 12.3 Å². The van der Waals surface area contributed by atoms with Crippen LogP contribution in [0, 0.1) is 0 Å². The van der Waals surface area contributed by atoms with E-state index in [1.807, 2.05) is 0 Å². The molecule has 0 amide bonds. The Bertz CT molecular complexity index is 227. The third-order valence-corrected chi connectivity index (χ3v) is 1.04. The van der Waals surface area contributed by atoms with Gasteiger partial charge >= 0.3 is 0 Å². The van der Waals surface area contributed by atoms with E-state index in [9.17, 15) is 13.9 Å². The van der Waals surface area contributed by atoms with Crippen molar-refractivity contribution in [3.8, 4) is 5.88 Å². The number of hydrogen-bond donors (Lipinski definition) is 0. The average molecular weight is 144 g/mol. The van der Waals surface area contributed by atoms with Crippen molar-refractivity contribution in [2.45, 2.75) is 6.43 Å². The van der Waals surface area contributed by atoms with E-state index >= 15 is 0 Å². The molecule has 0 N–H and O–H groups in total. The van der Waals surface area contributed by atoms with Crippen LogP contribution in [-0.4, -0.2) is 4.98 Å². The average Bonchev–Trinajstić information content (AvgIpc) is 1.88. The number of alkyl halides is 2. The summed E-state index contributed by atoms with van der Waals surface area (Å²) in [5, 5.41) is 10.5. The Morgan fingerprint density at radius 1 is 1.50 bits per heavy atom. The van der Waals surface area contributed by atoms with Crippen LogP contribution in [0.3, 0.4) is 0 Å². The van der Waals surface area contributed by atoms with Crippen LogP contribution >= 0.6 is 0 Å². The fourth-order valence-electron chi connectivity index (χ4n) is 0.569. The van der Waals surface area contributed by atoms with E-state index in [0.717, 1.165) is 6.07 Å². The molecule has 1 aromatic rings. The Kier molecular flexibility index (Phi) is 1.80. The van der Waals surface area contributed by atoms with Crippen LogP contribution in [0.1, 0.15) is 12.0 Å². The lowest BCUT2D eigenvalue weighted by Gasteiger charge is -1.96. The van der Waals surface area contributed by atoms with Gasteiger partial charge in [0.25, 0.3) is 12.3 Å². The van der Waals surface area contributed by atoms with Crippen LogP contribution in [0.5, 0.6) is 5.88 Å². The minimum Gasteiger partial charge on any atom is -0.267 e. The van der Waals surface area contributed by atoms with Gasteiger partial charge in [-0.2, -0.15) is 0 Å². The van der Waals surface area contributed by atoms with Gasteiger partial charge in [-0.3, -0.25) is 5.11 Å². The number of hydrogen-bond acceptors (Lipinski definition) is 1. The summed E-state index contributed by atoms with van der Waals surface area (Å²) in [4.78, 5) is 3.16.